The monoisotopic (exact) mass is 221 g/mol. The predicted molar refractivity (Wildman–Crippen MR) is 68.7 cm³/mol. The third kappa shape index (κ3) is 2.83. The Kier molecular flexibility index (Phi) is 5.50. The van der Waals surface area contributed by atoms with E-state index in [9.17, 15) is 5.11 Å². The van der Waals surface area contributed by atoms with Crippen LogP contribution in [0.25, 0.3) is 0 Å². The van der Waals surface area contributed by atoms with E-state index in [4.69, 9.17) is 0 Å². The van der Waals surface area contributed by atoms with Crippen molar-refractivity contribution in [3.63, 3.8) is 0 Å². The number of piperidine rings is 1. The number of rotatable bonds is 2. The number of aliphatic hydroxyl groups excluding tert-OH is 1. The van der Waals surface area contributed by atoms with Crippen LogP contribution in [-0.4, -0.2) is 24.8 Å². The van der Waals surface area contributed by atoms with Gasteiger partial charge in [-0.05, 0) is 31.5 Å². The van der Waals surface area contributed by atoms with Gasteiger partial charge < -0.3 is 10.4 Å². The van der Waals surface area contributed by atoms with Crippen LogP contribution in [0.5, 0.6) is 0 Å². The van der Waals surface area contributed by atoms with Crippen molar-refractivity contribution in [2.75, 3.05) is 19.7 Å². The fraction of sp³-hybridized carbons (Fsp3) is 0.571. The molecule has 0 spiro atoms. The van der Waals surface area contributed by atoms with Gasteiger partial charge in [0.1, 0.15) is 0 Å². The van der Waals surface area contributed by atoms with Gasteiger partial charge >= 0.3 is 0 Å². The summed E-state index contributed by atoms with van der Waals surface area (Å²) in [5.41, 5.74) is 1.29. The maximum absolute atomic E-state index is 9.57. The Labute approximate surface area is 98.7 Å². The number of nitrogens with one attached hydrogen (secondary N) is 1. The van der Waals surface area contributed by atoms with Gasteiger partial charge in [0.25, 0.3) is 0 Å². The van der Waals surface area contributed by atoms with Crippen molar-refractivity contribution in [2.24, 2.45) is 0 Å². The fourth-order valence-electron chi connectivity index (χ4n) is 2.24. The highest BCUT2D eigenvalue weighted by Gasteiger charge is 2.32. The molecule has 1 aromatic carbocycles. The molecule has 2 heteroatoms. The maximum atomic E-state index is 9.57. The second-order valence-corrected chi connectivity index (χ2v) is 4.05. The van der Waals surface area contributed by atoms with Gasteiger partial charge in [0.15, 0.2) is 0 Å². The highest BCUT2D eigenvalue weighted by Crippen LogP contribution is 2.32. The number of hydrogen-bond acceptors (Lipinski definition) is 2. The lowest BCUT2D eigenvalue weighted by Gasteiger charge is -2.36. The summed E-state index contributed by atoms with van der Waals surface area (Å²) in [5, 5.41) is 12.9. The molecule has 0 aliphatic carbocycles. The maximum Gasteiger partial charge on any atom is 0.0528 e. The smallest absolute Gasteiger partial charge is 0.0528 e. The molecule has 0 atom stereocenters. The molecule has 0 unspecified atom stereocenters. The van der Waals surface area contributed by atoms with Gasteiger partial charge in [-0.3, -0.25) is 0 Å². The van der Waals surface area contributed by atoms with E-state index >= 15 is 0 Å². The summed E-state index contributed by atoms with van der Waals surface area (Å²) in [6.45, 7) is 6.28. The van der Waals surface area contributed by atoms with Gasteiger partial charge in [-0.25, -0.2) is 0 Å². The van der Waals surface area contributed by atoms with Crippen LogP contribution in [0.15, 0.2) is 30.3 Å². The lowest BCUT2D eigenvalue weighted by molar-refractivity contribution is 0.158. The summed E-state index contributed by atoms with van der Waals surface area (Å²) in [4.78, 5) is 0. The lowest BCUT2D eigenvalue weighted by Crippen LogP contribution is -2.42. The Morgan fingerprint density at radius 1 is 1.12 bits per heavy atom. The first-order valence-electron chi connectivity index (χ1n) is 6.24. The summed E-state index contributed by atoms with van der Waals surface area (Å²) < 4.78 is 0. The molecule has 1 saturated heterocycles. The van der Waals surface area contributed by atoms with E-state index in [0.29, 0.717) is 0 Å². The Balaban J connectivity index is 0.000000606. The molecule has 0 aromatic heterocycles. The third-order valence-electron chi connectivity index (χ3n) is 3.25. The van der Waals surface area contributed by atoms with Crippen molar-refractivity contribution in [1.82, 2.24) is 5.32 Å². The standard InChI is InChI=1S/C12H17NO.C2H6/c14-10-12(6-8-13-9-7-12)11-4-2-1-3-5-11;1-2/h1-5,13-14H,6-10H2;1-2H3. The van der Waals surface area contributed by atoms with Crippen LogP contribution in [0.1, 0.15) is 32.3 Å². The average molecular weight is 221 g/mol. The minimum Gasteiger partial charge on any atom is -0.395 e. The molecule has 1 aromatic rings. The van der Waals surface area contributed by atoms with Crippen LogP contribution in [-0.2, 0) is 5.41 Å². The van der Waals surface area contributed by atoms with Crippen molar-refractivity contribution in [1.29, 1.82) is 0 Å². The zero-order chi connectivity index (χ0) is 11.9. The van der Waals surface area contributed by atoms with Gasteiger partial charge in [-0.15, -0.1) is 0 Å². The van der Waals surface area contributed by atoms with E-state index in [-0.39, 0.29) is 12.0 Å². The van der Waals surface area contributed by atoms with Gasteiger partial charge in [-0.2, -0.15) is 0 Å². The van der Waals surface area contributed by atoms with Gasteiger partial charge in [0, 0.05) is 5.41 Å². The molecule has 0 radical (unpaired) electrons. The molecule has 2 N–H and O–H groups in total. The Bertz CT molecular complexity index is 278. The van der Waals surface area contributed by atoms with Crippen molar-refractivity contribution in [3.05, 3.63) is 35.9 Å². The van der Waals surface area contributed by atoms with Crippen molar-refractivity contribution >= 4 is 0 Å². The van der Waals surface area contributed by atoms with E-state index in [0.717, 1.165) is 25.9 Å². The number of aliphatic hydroxyl groups is 1. The van der Waals surface area contributed by atoms with E-state index in [2.05, 4.69) is 29.6 Å². The van der Waals surface area contributed by atoms with Gasteiger partial charge in [-0.1, -0.05) is 44.2 Å². The predicted octanol–water partition coefficient (Wildman–Crippen LogP) is 2.33. The topological polar surface area (TPSA) is 32.3 Å². The van der Waals surface area contributed by atoms with Crippen molar-refractivity contribution in [3.8, 4) is 0 Å². The molecular weight excluding hydrogens is 198 g/mol. The molecule has 16 heavy (non-hydrogen) atoms. The van der Waals surface area contributed by atoms with Crippen LogP contribution in [0, 0.1) is 0 Å². The Morgan fingerprint density at radius 2 is 1.69 bits per heavy atom. The van der Waals surface area contributed by atoms with E-state index in [1.807, 2.05) is 19.9 Å². The molecule has 1 aliphatic rings. The molecule has 1 heterocycles. The molecule has 0 amide bonds. The van der Waals surface area contributed by atoms with E-state index in [1.54, 1.807) is 0 Å². The van der Waals surface area contributed by atoms with E-state index < -0.39 is 0 Å². The zero-order valence-corrected chi connectivity index (χ0v) is 10.4. The van der Waals surface area contributed by atoms with Crippen LogP contribution in [0.3, 0.4) is 0 Å². The second kappa shape index (κ2) is 6.66. The SMILES string of the molecule is CC.OCC1(c2ccccc2)CCNCC1. The first-order chi connectivity index (χ1) is 7.87. The normalized spacial score (nSPS) is 18.4. The molecule has 1 fully saturated rings. The largest absolute Gasteiger partial charge is 0.395 e. The minimum absolute atomic E-state index is 0.00646. The summed E-state index contributed by atoms with van der Waals surface area (Å²) >= 11 is 0. The Morgan fingerprint density at radius 3 is 2.19 bits per heavy atom. The minimum atomic E-state index is 0.00646. The lowest BCUT2D eigenvalue weighted by atomic mass is 9.74. The first kappa shape index (κ1) is 13.2. The summed E-state index contributed by atoms with van der Waals surface area (Å²) in [7, 11) is 0. The molecule has 1 aliphatic heterocycles. The fourth-order valence-corrected chi connectivity index (χ4v) is 2.24. The molecule has 2 rings (SSSR count). The number of hydrogen-bond donors (Lipinski definition) is 2. The quantitative estimate of drug-likeness (QED) is 0.803. The molecule has 2 nitrogen and oxygen atoms in total. The molecular formula is C14H23NO. The van der Waals surface area contributed by atoms with Gasteiger partial charge in [0.2, 0.25) is 0 Å². The van der Waals surface area contributed by atoms with Crippen LogP contribution in [0.4, 0.5) is 0 Å². The van der Waals surface area contributed by atoms with Crippen LogP contribution >= 0.6 is 0 Å². The second-order valence-electron chi connectivity index (χ2n) is 4.05. The van der Waals surface area contributed by atoms with Crippen LogP contribution in [0.2, 0.25) is 0 Å². The summed E-state index contributed by atoms with van der Waals surface area (Å²) in [6, 6.07) is 10.4. The Hall–Kier alpha value is -0.860. The van der Waals surface area contributed by atoms with Crippen molar-refractivity contribution in [2.45, 2.75) is 32.1 Å². The molecule has 90 valence electrons. The highest BCUT2D eigenvalue weighted by molar-refractivity contribution is 5.26. The van der Waals surface area contributed by atoms with E-state index in [1.165, 1.54) is 5.56 Å². The first-order valence-corrected chi connectivity index (χ1v) is 6.24. The van der Waals surface area contributed by atoms with Crippen molar-refractivity contribution < 1.29 is 5.11 Å². The van der Waals surface area contributed by atoms with Crippen LogP contribution < -0.4 is 5.32 Å². The highest BCUT2D eigenvalue weighted by atomic mass is 16.3. The average Bonchev–Trinajstić information content (AvgIpc) is 2.43. The van der Waals surface area contributed by atoms with Gasteiger partial charge in [0.05, 0.1) is 6.61 Å². The third-order valence-corrected chi connectivity index (χ3v) is 3.25. The molecule has 0 bridgehead atoms. The summed E-state index contributed by atoms with van der Waals surface area (Å²) in [5.74, 6) is 0. The number of benzene rings is 1. The molecule has 0 saturated carbocycles. The zero-order valence-electron chi connectivity index (χ0n) is 10.4. The summed E-state index contributed by atoms with van der Waals surface area (Å²) in [6.07, 6.45) is 2.07.